The average molecular weight is 351 g/mol. The lowest BCUT2D eigenvalue weighted by Crippen LogP contribution is -2.43. The summed E-state index contributed by atoms with van der Waals surface area (Å²) in [5, 5.41) is 5.60. The van der Waals surface area contributed by atoms with E-state index < -0.39 is 11.7 Å². The standard InChI is InChI=1S/C13H14BrF3N2O/c14-9-5-4-8(13(15,16)17)7-11(9)19-12(20)10-3-1-2-6-18-10/h4-5,7,10,18H,1-3,6H2,(H,19,20). The molecule has 0 bridgehead atoms. The number of piperidine rings is 1. The highest BCUT2D eigenvalue weighted by atomic mass is 79.9. The Bertz CT molecular complexity index is 499. The van der Waals surface area contributed by atoms with E-state index in [9.17, 15) is 18.0 Å². The highest BCUT2D eigenvalue weighted by Crippen LogP contribution is 2.34. The quantitative estimate of drug-likeness (QED) is 0.856. The summed E-state index contributed by atoms with van der Waals surface area (Å²) in [5.74, 6) is -0.301. The van der Waals surface area contributed by atoms with Gasteiger partial charge in [0.05, 0.1) is 17.3 Å². The van der Waals surface area contributed by atoms with Gasteiger partial charge in [-0.15, -0.1) is 0 Å². The summed E-state index contributed by atoms with van der Waals surface area (Å²) < 4.78 is 38.4. The molecule has 0 aliphatic carbocycles. The number of hydrogen-bond acceptors (Lipinski definition) is 2. The van der Waals surface area contributed by atoms with E-state index in [4.69, 9.17) is 0 Å². The fourth-order valence-electron chi connectivity index (χ4n) is 2.09. The van der Waals surface area contributed by atoms with Gasteiger partial charge in [-0.1, -0.05) is 6.42 Å². The minimum atomic E-state index is -4.43. The number of benzene rings is 1. The Morgan fingerprint density at radius 2 is 2.10 bits per heavy atom. The molecule has 1 atom stereocenters. The zero-order valence-electron chi connectivity index (χ0n) is 10.6. The number of nitrogens with one attached hydrogen (secondary N) is 2. The van der Waals surface area contributed by atoms with Crippen LogP contribution in [-0.2, 0) is 11.0 Å². The summed E-state index contributed by atoms with van der Waals surface area (Å²) in [7, 11) is 0. The van der Waals surface area contributed by atoms with Crippen molar-refractivity contribution in [1.29, 1.82) is 0 Å². The Balaban J connectivity index is 2.13. The largest absolute Gasteiger partial charge is 0.416 e. The third-order valence-electron chi connectivity index (χ3n) is 3.18. The Morgan fingerprint density at radius 3 is 2.70 bits per heavy atom. The molecular formula is C13H14BrF3N2O. The van der Waals surface area contributed by atoms with Gasteiger partial charge in [0.25, 0.3) is 0 Å². The first-order chi connectivity index (χ1) is 9.38. The van der Waals surface area contributed by atoms with Crippen LogP contribution in [0.3, 0.4) is 0 Å². The van der Waals surface area contributed by atoms with Gasteiger partial charge in [-0.05, 0) is 53.5 Å². The van der Waals surface area contributed by atoms with E-state index in [1.807, 2.05) is 0 Å². The lowest BCUT2D eigenvalue weighted by Gasteiger charge is -2.23. The van der Waals surface area contributed by atoms with Gasteiger partial charge in [0, 0.05) is 4.47 Å². The van der Waals surface area contributed by atoms with Crippen molar-refractivity contribution in [3.63, 3.8) is 0 Å². The van der Waals surface area contributed by atoms with E-state index >= 15 is 0 Å². The van der Waals surface area contributed by atoms with Crippen molar-refractivity contribution in [1.82, 2.24) is 5.32 Å². The van der Waals surface area contributed by atoms with Crippen LogP contribution < -0.4 is 10.6 Å². The van der Waals surface area contributed by atoms with Gasteiger partial charge in [0.2, 0.25) is 5.91 Å². The van der Waals surface area contributed by atoms with Crippen molar-refractivity contribution in [2.24, 2.45) is 0 Å². The van der Waals surface area contributed by atoms with Crippen LogP contribution >= 0.6 is 15.9 Å². The fourth-order valence-corrected chi connectivity index (χ4v) is 2.44. The maximum Gasteiger partial charge on any atom is 0.416 e. The number of carbonyl (C=O) groups is 1. The molecule has 3 nitrogen and oxygen atoms in total. The summed E-state index contributed by atoms with van der Waals surface area (Å²) in [6.07, 6.45) is -1.78. The number of halogens is 4. The van der Waals surface area contributed by atoms with E-state index in [1.165, 1.54) is 6.07 Å². The Kier molecular flexibility index (Phi) is 4.70. The van der Waals surface area contributed by atoms with Crippen LogP contribution in [0.5, 0.6) is 0 Å². The molecular weight excluding hydrogens is 337 g/mol. The predicted octanol–water partition coefficient (Wildman–Crippen LogP) is 3.55. The van der Waals surface area contributed by atoms with Crippen LogP contribution in [0.1, 0.15) is 24.8 Å². The SMILES string of the molecule is O=C(Nc1cc(C(F)(F)F)ccc1Br)C1CCCCN1. The first kappa shape index (κ1) is 15.3. The Labute approximate surface area is 123 Å². The molecule has 2 N–H and O–H groups in total. The normalized spacial score (nSPS) is 19.7. The highest BCUT2D eigenvalue weighted by Gasteiger charge is 2.31. The summed E-state index contributed by atoms with van der Waals surface area (Å²) in [6, 6.07) is 2.85. The van der Waals surface area contributed by atoms with Gasteiger partial charge in [0.1, 0.15) is 0 Å². The summed E-state index contributed by atoms with van der Waals surface area (Å²) in [6.45, 7) is 0.752. The number of carbonyl (C=O) groups excluding carboxylic acids is 1. The van der Waals surface area contributed by atoms with Gasteiger partial charge < -0.3 is 10.6 Å². The zero-order valence-corrected chi connectivity index (χ0v) is 12.1. The van der Waals surface area contributed by atoms with Gasteiger partial charge in [-0.25, -0.2) is 0 Å². The molecule has 0 spiro atoms. The zero-order chi connectivity index (χ0) is 14.8. The number of hydrogen-bond donors (Lipinski definition) is 2. The number of alkyl halides is 3. The number of anilines is 1. The molecule has 0 saturated carbocycles. The molecule has 110 valence electrons. The molecule has 1 aromatic carbocycles. The summed E-state index contributed by atoms with van der Waals surface area (Å²) in [5.41, 5.74) is -0.648. The Hall–Kier alpha value is -1.08. The molecule has 1 aliphatic rings. The summed E-state index contributed by atoms with van der Waals surface area (Å²) >= 11 is 3.15. The van der Waals surface area contributed by atoms with E-state index in [0.29, 0.717) is 10.9 Å². The average Bonchev–Trinajstić information content (AvgIpc) is 2.41. The van der Waals surface area contributed by atoms with Gasteiger partial charge in [-0.2, -0.15) is 13.2 Å². The molecule has 1 aromatic rings. The first-order valence-corrected chi connectivity index (χ1v) is 7.08. The highest BCUT2D eigenvalue weighted by molar-refractivity contribution is 9.10. The van der Waals surface area contributed by atoms with E-state index in [-0.39, 0.29) is 17.6 Å². The fraction of sp³-hybridized carbons (Fsp3) is 0.462. The molecule has 0 aromatic heterocycles. The molecule has 7 heteroatoms. The smallest absolute Gasteiger partial charge is 0.324 e. The van der Waals surface area contributed by atoms with Crippen LogP contribution in [0.4, 0.5) is 18.9 Å². The number of rotatable bonds is 2. The van der Waals surface area contributed by atoms with Crippen molar-refractivity contribution < 1.29 is 18.0 Å². The third-order valence-corrected chi connectivity index (χ3v) is 3.87. The molecule has 1 aliphatic heterocycles. The van der Waals surface area contributed by atoms with Crippen LogP contribution in [0, 0.1) is 0 Å². The lowest BCUT2D eigenvalue weighted by molar-refractivity contribution is -0.137. The van der Waals surface area contributed by atoms with Gasteiger partial charge in [0.15, 0.2) is 0 Å². The maximum absolute atomic E-state index is 12.7. The molecule has 0 radical (unpaired) electrons. The van der Waals surface area contributed by atoms with Gasteiger partial charge >= 0.3 is 6.18 Å². The van der Waals surface area contributed by atoms with Crippen molar-refractivity contribution in [2.45, 2.75) is 31.5 Å². The summed E-state index contributed by atoms with van der Waals surface area (Å²) in [4.78, 5) is 12.0. The van der Waals surface area contributed by atoms with Crippen LogP contribution in [0.15, 0.2) is 22.7 Å². The number of amides is 1. The molecule has 20 heavy (non-hydrogen) atoms. The molecule has 1 unspecified atom stereocenters. The molecule has 1 fully saturated rings. The lowest BCUT2D eigenvalue weighted by atomic mass is 10.0. The van der Waals surface area contributed by atoms with E-state index in [2.05, 4.69) is 26.6 Å². The van der Waals surface area contributed by atoms with E-state index in [0.717, 1.165) is 31.5 Å². The maximum atomic E-state index is 12.7. The van der Waals surface area contributed by atoms with E-state index in [1.54, 1.807) is 0 Å². The van der Waals surface area contributed by atoms with Crippen LogP contribution in [0.2, 0.25) is 0 Å². The van der Waals surface area contributed by atoms with Crippen molar-refractivity contribution >= 4 is 27.5 Å². The topological polar surface area (TPSA) is 41.1 Å². The molecule has 1 heterocycles. The van der Waals surface area contributed by atoms with Gasteiger partial charge in [-0.3, -0.25) is 4.79 Å². The minimum Gasteiger partial charge on any atom is -0.324 e. The Morgan fingerprint density at radius 1 is 1.35 bits per heavy atom. The predicted molar refractivity (Wildman–Crippen MR) is 73.4 cm³/mol. The molecule has 1 amide bonds. The van der Waals surface area contributed by atoms with Crippen LogP contribution in [-0.4, -0.2) is 18.5 Å². The van der Waals surface area contributed by atoms with Crippen molar-refractivity contribution in [2.75, 3.05) is 11.9 Å². The van der Waals surface area contributed by atoms with Crippen molar-refractivity contribution in [3.8, 4) is 0 Å². The first-order valence-electron chi connectivity index (χ1n) is 6.29. The second kappa shape index (κ2) is 6.13. The molecule has 1 saturated heterocycles. The monoisotopic (exact) mass is 350 g/mol. The third kappa shape index (κ3) is 3.73. The minimum absolute atomic E-state index is 0.136. The second-order valence-corrected chi connectivity index (χ2v) is 5.54. The van der Waals surface area contributed by atoms with Crippen molar-refractivity contribution in [3.05, 3.63) is 28.2 Å². The second-order valence-electron chi connectivity index (χ2n) is 4.68. The van der Waals surface area contributed by atoms with Crippen LogP contribution in [0.25, 0.3) is 0 Å². The molecule has 2 rings (SSSR count).